The zero-order valence-corrected chi connectivity index (χ0v) is 17.8. The number of hydrogen-bond donors (Lipinski definition) is 0. The number of rotatable bonds is 5. The Labute approximate surface area is 170 Å². The van der Waals surface area contributed by atoms with Crippen LogP contribution in [0.3, 0.4) is 0 Å². The quantitative estimate of drug-likeness (QED) is 0.543. The fraction of sp³-hybridized carbons (Fsp3) is 0.273. The minimum Gasteiger partial charge on any atom is -0.497 e. The molecule has 0 saturated carbocycles. The maximum Gasteiger partial charge on any atom is 0.264 e. The molecule has 28 heavy (non-hydrogen) atoms. The number of hydrogen-bond acceptors (Lipinski definition) is 4. The third-order valence-electron chi connectivity index (χ3n) is 5.20. The molecule has 2 aromatic carbocycles. The number of thiophene rings is 1. The lowest BCUT2D eigenvalue weighted by Crippen LogP contribution is -2.37. The van der Waals surface area contributed by atoms with E-state index in [4.69, 9.17) is 4.74 Å². The number of ether oxygens (including phenoxy) is 1. The molecule has 4 nitrogen and oxygen atoms in total. The van der Waals surface area contributed by atoms with E-state index in [1.54, 1.807) is 47.0 Å². The van der Waals surface area contributed by atoms with Gasteiger partial charge in [0.15, 0.2) is 0 Å². The van der Waals surface area contributed by atoms with Crippen LogP contribution >= 0.6 is 11.3 Å². The van der Waals surface area contributed by atoms with Gasteiger partial charge in [-0.15, -0.1) is 11.3 Å². The highest BCUT2D eigenvalue weighted by Crippen LogP contribution is 2.51. The van der Waals surface area contributed by atoms with Crippen LogP contribution in [0.5, 0.6) is 5.75 Å². The summed E-state index contributed by atoms with van der Waals surface area (Å²) >= 11 is 1.69. The Morgan fingerprint density at radius 1 is 1.07 bits per heavy atom. The van der Waals surface area contributed by atoms with E-state index in [-0.39, 0.29) is 10.9 Å². The molecule has 146 valence electrons. The van der Waals surface area contributed by atoms with Crippen LogP contribution in [0.25, 0.3) is 10.4 Å². The first-order valence-electron chi connectivity index (χ1n) is 9.41. The smallest absolute Gasteiger partial charge is 0.264 e. The highest BCUT2D eigenvalue weighted by Gasteiger charge is 2.39. The highest BCUT2D eigenvalue weighted by atomic mass is 32.2. The van der Waals surface area contributed by atoms with Crippen LogP contribution in [0.4, 0.5) is 5.69 Å². The van der Waals surface area contributed by atoms with Crippen LogP contribution in [0.15, 0.2) is 59.5 Å². The molecule has 1 unspecified atom stereocenters. The molecular weight excluding hydrogens is 390 g/mol. The summed E-state index contributed by atoms with van der Waals surface area (Å²) in [6, 6.07) is 16.6. The predicted molar refractivity (Wildman–Crippen MR) is 115 cm³/mol. The SMILES string of the molecule is CCc1cc2c(s1)-c1ccccc1C(CC)N2S(=O)(=O)c1ccc(OC)cc1. The lowest BCUT2D eigenvalue weighted by atomic mass is 9.93. The minimum absolute atomic E-state index is 0.227. The molecule has 0 bridgehead atoms. The Hall–Kier alpha value is -2.31. The molecule has 0 fully saturated rings. The van der Waals surface area contributed by atoms with E-state index in [9.17, 15) is 8.42 Å². The van der Waals surface area contributed by atoms with Crippen molar-refractivity contribution in [2.45, 2.75) is 37.6 Å². The van der Waals surface area contributed by atoms with Gasteiger partial charge in [-0.25, -0.2) is 8.42 Å². The Kier molecular flexibility index (Phi) is 4.93. The summed E-state index contributed by atoms with van der Waals surface area (Å²) in [5.41, 5.74) is 3.01. The van der Waals surface area contributed by atoms with E-state index in [0.29, 0.717) is 12.2 Å². The van der Waals surface area contributed by atoms with Gasteiger partial charge in [0.2, 0.25) is 0 Å². The Morgan fingerprint density at radius 3 is 2.43 bits per heavy atom. The number of fused-ring (bicyclic) bond motifs is 3. The topological polar surface area (TPSA) is 46.6 Å². The summed E-state index contributed by atoms with van der Waals surface area (Å²) in [5.74, 6) is 0.638. The summed E-state index contributed by atoms with van der Waals surface area (Å²) in [6.45, 7) is 4.14. The van der Waals surface area contributed by atoms with Gasteiger partial charge >= 0.3 is 0 Å². The molecule has 6 heteroatoms. The van der Waals surface area contributed by atoms with Gasteiger partial charge in [-0.2, -0.15) is 0 Å². The van der Waals surface area contributed by atoms with Crippen molar-refractivity contribution in [3.05, 3.63) is 65.0 Å². The number of anilines is 1. The average Bonchev–Trinajstić information content (AvgIpc) is 3.16. The van der Waals surface area contributed by atoms with E-state index in [1.165, 1.54) is 4.88 Å². The average molecular weight is 414 g/mol. The van der Waals surface area contributed by atoms with Gasteiger partial charge < -0.3 is 4.74 Å². The van der Waals surface area contributed by atoms with E-state index in [2.05, 4.69) is 13.0 Å². The number of sulfonamides is 1. The van der Waals surface area contributed by atoms with Gasteiger partial charge in [-0.3, -0.25) is 4.31 Å². The van der Waals surface area contributed by atoms with Crippen molar-refractivity contribution in [2.75, 3.05) is 11.4 Å². The molecule has 0 amide bonds. The lowest BCUT2D eigenvalue weighted by Gasteiger charge is -2.37. The van der Waals surface area contributed by atoms with E-state index in [0.717, 1.165) is 28.1 Å². The third-order valence-corrected chi connectivity index (χ3v) is 8.34. The zero-order chi connectivity index (χ0) is 19.9. The third kappa shape index (κ3) is 2.91. The number of aryl methyl sites for hydroxylation is 1. The fourth-order valence-corrected chi connectivity index (χ4v) is 6.69. The van der Waals surface area contributed by atoms with E-state index < -0.39 is 10.0 Å². The monoisotopic (exact) mass is 413 g/mol. The van der Waals surface area contributed by atoms with Crippen LogP contribution in [-0.4, -0.2) is 15.5 Å². The molecule has 0 N–H and O–H groups in total. The molecule has 0 radical (unpaired) electrons. The Bertz CT molecular complexity index is 1100. The normalized spacial score (nSPS) is 15.8. The van der Waals surface area contributed by atoms with Crippen molar-refractivity contribution < 1.29 is 13.2 Å². The highest BCUT2D eigenvalue weighted by molar-refractivity contribution is 7.92. The first kappa shape index (κ1) is 19.0. The fourth-order valence-electron chi connectivity index (χ4n) is 3.79. The number of benzene rings is 2. The van der Waals surface area contributed by atoms with Crippen LogP contribution in [0, 0.1) is 0 Å². The zero-order valence-electron chi connectivity index (χ0n) is 16.2. The maximum absolute atomic E-state index is 13.7. The van der Waals surface area contributed by atoms with Crippen LogP contribution in [0.1, 0.15) is 36.8 Å². The van der Waals surface area contributed by atoms with Crippen LogP contribution in [0.2, 0.25) is 0 Å². The Morgan fingerprint density at radius 2 is 1.79 bits per heavy atom. The summed E-state index contributed by atoms with van der Waals surface area (Å²) in [6.07, 6.45) is 1.58. The second kappa shape index (κ2) is 7.26. The summed E-state index contributed by atoms with van der Waals surface area (Å²) < 4.78 is 34.2. The largest absolute Gasteiger partial charge is 0.497 e. The lowest BCUT2D eigenvalue weighted by molar-refractivity contribution is 0.414. The molecule has 1 aromatic heterocycles. The van der Waals surface area contributed by atoms with E-state index in [1.807, 2.05) is 31.2 Å². The van der Waals surface area contributed by atoms with Crippen molar-refractivity contribution in [1.29, 1.82) is 0 Å². The molecule has 2 heterocycles. The van der Waals surface area contributed by atoms with Crippen molar-refractivity contribution in [1.82, 2.24) is 0 Å². The standard InChI is InChI=1S/C22H23NO3S2/c1-4-16-14-21-22(27-16)19-9-7-6-8-18(19)20(5-2)23(21)28(24,25)17-12-10-15(26-3)11-13-17/h6-14,20H,4-5H2,1-3H3. The van der Waals surface area contributed by atoms with Gasteiger partial charge in [0, 0.05) is 4.88 Å². The van der Waals surface area contributed by atoms with Crippen molar-refractivity contribution in [3.63, 3.8) is 0 Å². The number of nitrogens with zero attached hydrogens (tertiary/aromatic N) is 1. The first-order chi connectivity index (χ1) is 13.5. The van der Waals surface area contributed by atoms with Gasteiger partial charge in [-0.05, 0) is 54.3 Å². The second-order valence-corrected chi connectivity index (χ2v) is 9.72. The summed E-state index contributed by atoms with van der Waals surface area (Å²) in [7, 11) is -2.14. The molecular formula is C22H23NO3S2. The molecule has 4 rings (SSSR count). The molecule has 0 saturated heterocycles. The van der Waals surface area contributed by atoms with Crippen molar-refractivity contribution >= 4 is 27.0 Å². The van der Waals surface area contributed by atoms with Gasteiger partial charge in [0.25, 0.3) is 10.0 Å². The van der Waals surface area contributed by atoms with Crippen LogP contribution < -0.4 is 9.04 Å². The number of methoxy groups -OCH3 is 1. The van der Waals surface area contributed by atoms with Crippen LogP contribution in [-0.2, 0) is 16.4 Å². The second-order valence-electron chi connectivity index (χ2n) is 6.77. The molecule has 1 atom stereocenters. The van der Waals surface area contributed by atoms with Crippen molar-refractivity contribution in [3.8, 4) is 16.2 Å². The first-order valence-corrected chi connectivity index (χ1v) is 11.7. The molecule has 3 aromatic rings. The molecule has 0 aliphatic carbocycles. The van der Waals surface area contributed by atoms with Gasteiger partial charge in [0.1, 0.15) is 5.75 Å². The Balaban J connectivity index is 1.93. The minimum atomic E-state index is -3.71. The summed E-state index contributed by atoms with van der Waals surface area (Å²) in [5, 5.41) is 0. The maximum atomic E-state index is 13.7. The van der Waals surface area contributed by atoms with Gasteiger partial charge in [-0.1, -0.05) is 38.1 Å². The van der Waals surface area contributed by atoms with Crippen molar-refractivity contribution in [2.24, 2.45) is 0 Å². The predicted octanol–water partition coefficient (Wildman–Crippen LogP) is 5.65. The van der Waals surface area contributed by atoms with E-state index >= 15 is 0 Å². The molecule has 0 spiro atoms. The van der Waals surface area contributed by atoms with Gasteiger partial charge in [0.05, 0.1) is 28.6 Å². The molecule has 1 aliphatic rings. The summed E-state index contributed by atoms with van der Waals surface area (Å²) in [4.78, 5) is 2.50. The molecule has 1 aliphatic heterocycles.